The highest BCUT2D eigenvalue weighted by molar-refractivity contribution is 5.81. The van der Waals surface area contributed by atoms with Crippen LogP contribution in [-0.4, -0.2) is 45.7 Å². The number of nitrogens with zero attached hydrogens (tertiary/aromatic N) is 4. The molecule has 2 atom stereocenters. The third kappa shape index (κ3) is 5.34. The molecular formula is C26H36N4O2. The Balaban J connectivity index is 1.59. The van der Waals surface area contributed by atoms with Gasteiger partial charge in [0, 0.05) is 50.7 Å². The number of carbonyl (C=O) groups is 2. The Morgan fingerprint density at radius 3 is 1.34 bits per heavy atom. The van der Waals surface area contributed by atoms with Crippen LogP contribution < -0.4 is 0 Å². The summed E-state index contributed by atoms with van der Waals surface area (Å²) in [5.41, 5.74) is 2.23. The van der Waals surface area contributed by atoms with Gasteiger partial charge in [-0.05, 0) is 73.9 Å². The van der Waals surface area contributed by atoms with Gasteiger partial charge >= 0.3 is 0 Å². The van der Waals surface area contributed by atoms with E-state index in [0.29, 0.717) is 0 Å². The highest BCUT2D eigenvalue weighted by Gasteiger charge is 2.35. The van der Waals surface area contributed by atoms with Gasteiger partial charge in [0.2, 0.25) is 11.8 Å². The Hall–Kier alpha value is -2.76. The minimum Gasteiger partial charge on any atom is -0.338 e. The third-order valence-electron chi connectivity index (χ3n) is 7.01. The van der Waals surface area contributed by atoms with Crippen LogP contribution in [0.1, 0.15) is 75.6 Å². The number of amides is 2. The van der Waals surface area contributed by atoms with Crippen molar-refractivity contribution in [3.63, 3.8) is 0 Å². The van der Waals surface area contributed by atoms with Crippen LogP contribution in [-0.2, 0) is 9.59 Å². The fraction of sp³-hybridized carbons (Fsp3) is 0.538. The lowest BCUT2D eigenvalue weighted by molar-refractivity contribution is -0.142. The SMILES string of the molecule is CCC(c1ccncc1)N(C)C(=O)C1CCC(C(=O)N(C)C(CC)c2ccncc2)CC1. The second-order valence-corrected chi connectivity index (χ2v) is 8.86. The van der Waals surface area contributed by atoms with Gasteiger partial charge in [-0.25, -0.2) is 0 Å². The quantitative estimate of drug-likeness (QED) is 0.596. The maximum atomic E-state index is 13.2. The van der Waals surface area contributed by atoms with E-state index in [4.69, 9.17) is 0 Å². The zero-order valence-corrected chi connectivity index (χ0v) is 19.8. The molecule has 1 saturated carbocycles. The highest BCUT2D eigenvalue weighted by atomic mass is 16.2. The largest absolute Gasteiger partial charge is 0.338 e. The molecule has 6 heteroatoms. The van der Waals surface area contributed by atoms with E-state index in [0.717, 1.165) is 49.7 Å². The molecule has 0 spiro atoms. The Morgan fingerprint density at radius 1 is 0.750 bits per heavy atom. The number of pyridine rings is 2. The molecule has 172 valence electrons. The summed E-state index contributed by atoms with van der Waals surface area (Å²) in [4.78, 5) is 38.4. The molecule has 1 fully saturated rings. The molecule has 2 amide bonds. The van der Waals surface area contributed by atoms with E-state index in [-0.39, 0.29) is 35.7 Å². The molecule has 0 bridgehead atoms. The Bertz CT molecular complexity index is 792. The fourth-order valence-corrected chi connectivity index (χ4v) is 5.11. The molecule has 2 aromatic heterocycles. The van der Waals surface area contributed by atoms with E-state index in [1.54, 1.807) is 24.8 Å². The Kier molecular flexibility index (Phi) is 8.37. The van der Waals surface area contributed by atoms with Gasteiger partial charge in [0.15, 0.2) is 0 Å². The summed E-state index contributed by atoms with van der Waals surface area (Å²) in [5.74, 6) is 0.368. The molecule has 6 nitrogen and oxygen atoms in total. The number of aromatic nitrogens is 2. The van der Waals surface area contributed by atoms with Crippen LogP contribution in [0.2, 0.25) is 0 Å². The first-order chi connectivity index (χ1) is 15.5. The predicted octanol–water partition coefficient (Wildman–Crippen LogP) is 4.80. The maximum absolute atomic E-state index is 13.2. The van der Waals surface area contributed by atoms with Gasteiger partial charge in [-0.2, -0.15) is 0 Å². The lowest BCUT2D eigenvalue weighted by Gasteiger charge is -2.36. The topological polar surface area (TPSA) is 66.4 Å². The summed E-state index contributed by atoms with van der Waals surface area (Å²) in [6.07, 6.45) is 11.9. The number of hydrogen-bond acceptors (Lipinski definition) is 4. The lowest BCUT2D eigenvalue weighted by atomic mass is 9.80. The first-order valence-corrected chi connectivity index (χ1v) is 11.8. The van der Waals surface area contributed by atoms with Crippen LogP contribution in [0.25, 0.3) is 0 Å². The van der Waals surface area contributed by atoms with Gasteiger partial charge in [-0.3, -0.25) is 19.6 Å². The summed E-state index contributed by atoms with van der Waals surface area (Å²) < 4.78 is 0. The Labute approximate surface area is 192 Å². The smallest absolute Gasteiger partial charge is 0.225 e. The summed E-state index contributed by atoms with van der Waals surface area (Å²) in [5, 5.41) is 0. The molecule has 0 aromatic carbocycles. The van der Waals surface area contributed by atoms with Gasteiger partial charge in [0.05, 0.1) is 12.1 Å². The Morgan fingerprint density at radius 2 is 1.06 bits per heavy atom. The highest BCUT2D eigenvalue weighted by Crippen LogP contribution is 2.35. The van der Waals surface area contributed by atoms with Crippen molar-refractivity contribution in [2.75, 3.05) is 14.1 Å². The van der Waals surface area contributed by atoms with E-state index >= 15 is 0 Å². The molecule has 0 radical (unpaired) electrons. The van der Waals surface area contributed by atoms with Crippen LogP contribution >= 0.6 is 0 Å². The van der Waals surface area contributed by atoms with Crippen molar-refractivity contribution in [3.8, 4) is 0 Å². The van der Waals surface area contributed by atoms with Crippen LogP contribution in [0.3, 0.4) is 0 Å². The van der Waals surface area contributed by atoms with Crippen molar-refractivity contribution in [2.24, 2.45) is 11.8 Å². The first-order valence-electron chi connectivity index (χ1n) is 11.8. The number of carbonyl (C=O) groups excluding carboxylic acids is 2. The zero-order chi connectivity index (χ0) is 23.1. The maximum Gasteiger partial charge on any atom is 0.225 e. The van der Waals surface area contributed by atoms with Crippen molar-refractivity contribution in [3.05, 3.63) is 60.2 Å². The molecule has 2 unspecified atom stereocenters. The van der Waals surface area contributed by atoms with E-state index in [9.17, 15) is 9.59 Å². The molecule has 2 heterocycles. The van der Waals surface area contributed by atoms with Gasteiger partial charge in [-0.1, -0.05) is 13.8 Å². The monoisotopic (exact) mass is 436 g/mol. The van der Waals surface area contributed by atoms with Crippen LogP contribution in [0, 0.1) is 11.8 Å². The molecule has 0 aliphatic heterocycles. The normalized spacial score (nSPS) is 20.2. The molecule has 1 aliphatic rings. The fourth-order valence-electron chi connectivity index (χ4n) is 5.11. The molecular weight excluding hydrogens is 400 g/mol. The summed E-state index contributed by atoms with van der Waals surface area (Å²) >= 11 is 0. The van der Waals surface area contributed by atoms with E-state index in [1.165, 1.54) is 0 Å². The van der Waals surface area contributed by atoms with E-state index in [1.807, 2.05) is 48.2 Å². The van der Waals surface area contributed by atoms with Crippen LogP contribution in [0.4, 0.5) is 0 Å². The summed E-state index contributed by atoms with van der Waals surface area (Å²) in [6, 6.07) is 8.04. The van der Waals surface area contributed by atoms with Gasteiger partial charge in [-0.15, -0.1) is 0 Å². The lowest BCUT2D eigenvalue weighted by Crippen LogP contribution is -2.41. The number of hydrogen-bond donors (Lipinski definition) is 0. The van der Waals surface area contributed by atoms with E-state index < -0.39 is 0 Å². The minimum absolute atomic E-state index is 0.00702. The third-order valence-corrected chi connectivity index (χ3v) is 7.01. The van der Waals surface area contributed by atoms with Crippen LogP contribution in [0.5, 0.6) is 0 Å². The average molecular weight is 437 g/mol. The zero-order valence-electron chi connectivity index (χ0n) is 19.8. The second-order valence-electron chi connectivity index (χ2n) is 8.86. The van der Waals surface area contributed by atoms with Crippen molar-refractivity contribution in [1.82, 2.24) is 19.8 Å². The predicted molar refractivity (Wildman–Crippen MR) is 126 cm³/mol. The molecule has 32 heavy (non-hydrogen) atoms. The standard InChI is InChI=1S/C26H36N4O2/c1-5-23(19-11-15-27-16-12-19)29(3)25(31)21-7-9-22(10-8-21)26(32)30(4)24(6-2)20-13-17-28-18-14-20/h11-18,21-24H,5-10H2,1-4H3. The van der Waals surface area contributed by atoms with Crippen LogP contribution in [0.15, 0.2) is 49.1 Å². The number of rotatable bonds is 8. The van der Waals surface area contributed by atoms with Gasteiger partial charge < -0.3 is 9.80 Å². The molecule has 0 saturated heterocycles. The van der Waals surface area contributed by atoms with Crippen molar-refractivity contribution in [2.45, 2.75) is 64.5 Å². The molecule has 2 aromatic rings. The molecule has 3 rings (SSSR count). The minimum atomic E-state index is -0.00702. The molecule has 0 N–H and O–H groups in total. The summed E-state index contributed by atoms with van der Waals surface area (Å²) in [7, 11) is 3.81. The van der Waals surface area contributed by atoms with E-state index in [2.05, 4.69) is 23.8 Å². The second kappa shape index (κ2) is 11.2. The van der Waals surface area contributed by atoms with Crippen molar-refractivity contribution >= 4 is 11.8 Å². The van der Waals surface area contributed by atoms with Gasteiger partial charge in [0.25, 0.3) is 0 Å². The average Bonchev–Trinajstić information content (AvgIpc) is 2.85. The van der Waals surface area contributed by atoms with Crippen molar-refractivity contribution in [1.29, 1.82) is 0 Å². The molecule has 1 aliphatic carbocycles. The first kappa shape index (κ1) is 23.9. The van der Waals surface area contributed by atoms with Crippen molar-refractivity contribution < 1.29 is 9.59 Å². The van der Waals surface area contributed by atoms with Gasteiger partial charge in [0.1, 0.15) is 0 Å². The summed E-state index contributed by atoms with van der Waals surface area (Å²) in [6.45, 7) is 4.21.